The van der Waals surface area contributed by atoms with Gasteiger partial charge < -0.3 is 15.5 Å². The molecule has 1 aliphatic rings. The van der Waals surface area contributed by atoms with Gasteiger partial charge in [0, 0.05) is 29.3 Å². The van der Waals surface area contributed by atoms with Crippen molar-refractivity contribution in [3.8, 4) is 0 Å². The molecule has 0 spiro atoms. The maximum atomic E-state index is 12.2. The van der Waals surface area contributed by atoms with Gasteiger partial charge in [-0.05, 0) is 52.8 Å². The Morgan fingerprint density at radius 2 is 2.13 bits per heavy atom. The molecule has 10 heteroatoms. The van der Waals surface area contributed by atoms with Gasteiger partial charge in [0.05, 0.1) is 5.02 Å². The predicted molar refractivity (Wildman–Crippen MR) is 89.5 cm³/mol. The first-order valence-corrected chi connectivity index (χ1v) is 8.13. The number of nitrogens with zero attached hydrogens (tertiary/aromatic N) is 1. The highest BCUT2D eigenvalue weighted by molar-refractivity contribution is 9.10. The smallest absolute Gasteiger partial charge is 0.347 e. The Kier molecular flexibility index (Phi) is 5.74. The number of carbonyl (C=O) groups is 1. The molecule has 1 fully saturated rings. The number of benzene rings is 1. The minimum Gasteiger partial charge on any atom is -0.347 e. The zero-order valence-corrected chi connectivity index (χ0v) is 14.7. The summed E-state index contributed by atoms with van der Waals surface area (Å²) in [4.78, 5) is 12.6. The number of thiocarbonyl (C=S) groups is 1. The minimum absolute atomic E-state index is 0.220. The van der Waals surface area contributed by atoms with Crippen molar-refractivity contribution in [2.45, 2.75) is 18.6 Å². The van der Waals surface area contributed by atoms with Gasteiger partial charge in [0.2, 0.25) is 0 Å². The second kappa shape index (κ2) is 7.23. The maximum absolute atomic E-state index is 12.2. The lowest BCUT2D eigenvalue weighted by molar-refractivity contribution is -0.174. The molecule has 0 radical (unpaired) electrons. The van der Waals surface area contributed by atoms with Crippen molar-refractivity contribution in [3.05, 3.63) is 27.7 Å². The highest BCUT2D eigenvalue weighted by Crippen LogP contribution is 2.26. The number of carbonyl (C=O) groups excluding carboxylic acids is 1. The van der Waals surface area contributed by atoms with Crippen LogP contribution in [0.2, 0.25) is 5.02 Å². The van der Waals surface area contributed by atoms with Crippen molar-refractivity contribution in [2.24, 2.45) is 0 Å². The van der Waals surface area contributed by atoms with E-state index in [1.165, 1.54) is 0 Å². The van der Waals surface area contributed by atoms with Crippen molar-refractivity contribution < 1.29 is 18.0 Å². The number of alkyl halides is 3. The zero-order chi connectivity index (χ0) is 17.2. The number of likely N-dealkylation sites (tertiary alicyclic amines) is 1. The summed E-state index contributed by atoms with van der Waals surface area (Å²) in [6.07, 6.45) is -4.48. The van der Waals surface area contributed by atoms with Gasteiger partial charge in [0.25, 0.3) is 0 Å². The van der Waals surface area contributed by atoms with Crippen molar-refractivity contribution in [2.75, 3.05) is 18.4 Å². The van der Waals surface area contributed by atoms with Gasteiger partial charge in [-0.25, -0.2) is 0 Å². The second-order valence-electron chi connectivity index (χ2n) is 4.96. The highest BCUT2D eigenvalue weighted by atomic mass is 79.9. The fourth-order valence-electron chi connectivity index (χ4n) is 2.11. The van der Waals surface area contributed by atoms with E-state index in [2.05, 4.69) is 21.2 Å². The average Bonchev–Trinajstić information content (AvgIpc) is 2.90. The Morgan fingerprint density at radius 1 is 1.43 bits per heavy atom. The van der Waals surface area contributed by atoms with Crippen LogP contribution in [0.25, 0.3) is 0 Å². The van der Waals surface area contributed by atoms with Gasteiger partial charge in [-0.15, -0.1) is 0 Å². The summed E-state index contributed by atoms with van der Waals surface area (Å²) in [5.74, 6) is -1.93. The van der Waals surface area contributed by atoms with Crippen LogP contribution in [-0.4, -0.2) is 41.2 Å². The fraction of sp³-hybridized carbons (Fsp3) is 0.385. The predicted octanol–water partition coefficient (Wildman–Crippen LogP) is 3.55. The molecule has 0 aliphatic carbocycles. The molecule has 1 heterocycles. The Hall–Kier alpha value is -1.06. The molecule has 4 nitrogen and oxygen atoms in total. The number of anilines is 1. The largest absolute Gasteiger partial charge is 0.471 e. The SMILES string of the molecule is O=C(NC1CCN(C(=S)Nc2ccc(Br)c(Cl)c2)C1)C(F)(F)F. The topological polar surface area (TPSA) is 44.4 Å². The molecule has 0 aromatic heterocycles. The third-order valence-electron chi connectivity index (χ3n) is 3.24. The zero-order valence-electron chi connectivity index (χ0n) is 11.6. The number of nitrogens with one attached hydrogen (secondary N) is 2. The van der Waals surface area contributed by atoms with Crippen LogP contribution in [-0.2, 0) is 4.79 Å². The summed E-state index contributed by atoms with van der Waals surface area (Å²) in [5.41, 5.74) is 0.672. The van der Waals surface area contributed by atoms with Crippen LogP contribution in [0.3, 0.4) is 0 Å². The first kappa shape index (κ1) is 18.3. The van der Waals surface area contributed by atoms with E-state index in [0.29, 0.717) is 28.8 Å². The lowest BCUT2D eigenvalue weighted by Crippen LogP contribution is -2.45. The molecule has 0 bridgehead atoms. The molecule has 1 aromatic rings. The molecule has 0 saturated carbocycles. The van der Waals surface area contributed by atoms with E-state index in [1.54, 1.807) is 23.1 Å². The van der Waals surface area contributed by atoms with E-state index in [9.17, 15) is 18.0 Å². The van der Waals surface area contributed by atoms with Crippen LogP contribution >= 0.6 is 39.7 Å². The first-order chi connectivity index (χ1) is 10.7. The van der Waals surface area contributed by atoms with Gasteiger partial charge in [0.15, 0.2) is 5.11 Å². The van der Waals surface area contributed by atoms with Gasteiger partial charge in [-0.3, -0.25) is 4.79 Å². The van der Waals surface area contributed by atoms with Crippen LogP contribution in [0, 0.1) is 0 Å². The van der Waals surface area contributed by atoms with Gasteiger partial charge in [-0.2, -0.15) is 13.2 Å². The fourth-order valence-corrected chi connectivity index (χ4v) is 2.82. The molecular formula is C13H12BrClF3N3OS. The maximum Gasteiger partial charge on any atom is 0.471 e. The Bertz CT molecular complexity index is 629. The van der Waals surface area contributed by atoms with E-state index in [0.717, 1.165) is 4.47 Å². The molecule has 126 valence electrons. The Morgan fingerprint density at radius 3 is 2.74 bits per heavy atom. The van der Waals surface area contributed by atoms with E-state index in [1.807, 2.05) is 5.32 Å². The Balaban J connectivity index is 1.89. The average molecular weight is 431 g/mol. The molecule has 1 amide bonds. The van der Waals surface area contributed by atoms with Crippen molar-refractivity contribution in [1.29, 1.82) is 0 Å². The standard InChI is InChI=1S/C13H12BrClF3N3OS/c14-9-2-1-7(5-10(9)15)20-12(23)21-4-3-8(6-21)19-11(22)13(16,17)18/h1-2,5,8H,3-4,6H2,(H,19,22)(H,20,23). The van der Waals surface area contributed by atoms with Crippen LogP contribution in [0.1, 0.15) is 6.42 Å². The van der Waals surface area contributed by atoms with Crippen molar-refractivity contribution >= 4 is 56.5 Å². The number of amides is 1. The summed E-state index contributed by atoms with van der Waals surface area (Å²) in [7, 11) is 0. The first-order valence-electron chi connectivity index (χ1n) is 6.55. The molecule has 1 aromatic carbocycles. The lowest BCUT2D eigenvalue weighted by Gasteiger charge is -2.21. The molecule has 1 atom stereocenters. The normalized spacial score (nSPS) is 18.0. The molecule has 1 aliphatic heterocycles. The molecule has 2 rings (SSSR count). The molecule has 1 unspecified atom stereocenters. The third kappa shape index (κ3) is 4.95. The van der Waals surface area contributed by atoms with E-state index in [-0.39, 0.29) is 6.54 Å². The van der Waals surface area contributed by atoms with E-state index >= 15 is 0 Å². The third-order valence-corrected chi connectivity index (χ3v) is 4.83. The van der Waals surface area contributed by atoms with Crippen LogP contribution in [0.5, 0.6) is 0 Å². The lowest BCUT2D eigenvalue weighted by atomic mass is 10.2. The van der Waals surface area contributed by atoms with Gasteiger partial charge >= 0.3 is 12.1 Å². The minimum atomic E-state index is -4.87. The number of hydrogen-bond acceptors (Lipinski definition) is 2. The summed E-state index contributed by atoms with van der Waals surface area (Å²) in [5, 5.41) is 5.81. The van der Waals surface area contributed by atoms with Gasteiger partial charge in [-0.1, -0.05) is 11.6 Å². The summed E-state index contributed by atoms with van der Waals surface area (Å²) < 4.78 is 37.5. The van der Waals surface area contributed by atoms with E-state index < -0.39 is 18.1 Å². The summed E-state index contributed by atoms with van der Waals surface area (Å²) in [6.45, 7) is 0.677. The number of halogens is 5. The van der Waals surface area contributed by atoms with Gasteiger partial charge in [0.1, 0.15) is 0 Å². The van der Waals surface area contributed by atoms with Crippen LogP contribution in [0.15, 0.2) is 22.7 Å². The van der Waals surface area contributed by atoms with E-state index in [4.69, 9.17) is 23.8 Å². The molecule has 1 saturated heterocycles. The second-order valence-corrected chi connectivity index (χ2v) is 6.61. The van der Waals surface area contributed by atoms with Crippen molar-refractivity contribution in [1.82, 2.24) is 10.2 Å². The molecular weight excluding hydrogens is 419 g/mol. The van der Waals surface area contributed by atoms with Crippen molar-refractivity contribution in [3.63, 3.8) is 0 Å². The monoisotopic (exact) mass is 429 g/mol. The number of hydrogen-bond donors (Lipinski definition) is 2. The number of rotatable bonds is 2. The summed E-state index contributed by atoms with van der Waals surface area (Å²) in [6, 6.07) is 4.61. The highest BCUT2D eigenvalue weighted by Gasteiger charge is 2.40. The van der Waals surface area contributed by atoms with Crippen LogP contribution < -0.4 is 10.6 Å². The van der Waals surface area contributed by atoms with Crippen LogP contribution in [0.4, 0.5) is 18.9 Å². The summed E-state index contributed by atoms with van der Waals surface area (Å²) >= 11 is 14.5. The Labute approximate surface area is 149 Å². The molecule has 23 heavy (non-hydrogen) atoms. The quantitative estimate of drug-likeness (QED) is 0.705. The molecule has 2 N–H and O–H groups in total.